The lowest BCUT2D eigenvalue weighted by Gasteiger charge is -2.16. The molecule has 0 bridgehead atoms. The molecule has 0 spiro atoms. The molecule has 0 aliphatic heterocycles. The van der Waals surface area contributed by atoms with Crippen LogP contribution in [0, 0.1) is 0 Å². The summed E-state index contributed by atoms with van der Waals surface area (Å²) in [6.07, 6.45) is -7.96. The van der Waals surface area contributed by atoms with Crippen molar-refractivity contribution in [3.63, 3.8) is 0 Å². The van der Waals surface area contributed by atoms with E-state index in [4.69, 9.17) is 9.47 Å². The molecule has 7 heteroatoms. The highest BCUT2D eigenvalue weighted by molar-refractivity contribution is 5.34. The van der Waals surface area contributed by atoms with Gasteiger partial charge in [0.15, 0.2) is 0 Å². The minimum absolute atomic E-state index is 0.0196. The van der Waals surface area contributed by atoms with E-state index in [-0.39, 0.29) is 13.2 Å². The van der Waals surface area contributed by atoms with E-state index in [1.165, 1.54) is 13.8 Å². The van der Waals surface area contributed by atoms with Crippen LogP contribution in [0.25, 0.3) is 0 Å². The molecule has 0 saturated carbocycles. The van der Waals surface area contributed by atoms with Gasteiger partial charge in [-0.05, 0) is 20.8 Å². The van der Waals surface area contributed by atoms with E-state index in [2.05, 4.69) is 0 Å². The maximum atomic E-state index is 12.4. The first kappa shape index (κ1) is 15.7. The van der Waals surface area contributed by atoms with Gasteiger partial charge in [0.25, 0.3) is 12.0 Å². The first-order valence-electron chi connectivity index (χ1n) is 4.84. The zero-order valence-electron chi connectivity index (χ0n) is 9.62. The Bertz CT molecular complexity index is 305. The molecule has 0 radical (unpaired) electrons. The van der Waals surface area contributed by atoms with E-state index in [0.717, 1.165) is 6.92 Å². The fraction of sp³-hybridized carbons (Fsp3) is 0.600. The molecule has 2 nitrogen and oxygen atoms in total. The van der Waals surface area contributed by atoms with Crippen LogP contribution < -0.4 is 0 Å². The van der Waals surface area contributed by atoms with E-state index >= 15 is 0 Å². The van der Waals surface area contributed by atoms with Gasteiger partial charge in [-0.3, -0.25) is 0 Å². The lowest BCUT2D eigenvalue weighted by Crippen LogP contribution is -2.16. The van der Waals surface area contributed by atoms with Crippen LogP contribution in [-0.2, 0) is 9.47 Å². The van der Waals surface area contributed by atoms with Crippen LogP contribution in [0.15, 0.2) is 23.2 Å². The van der Waals surface area contributed by atoms with Gasteiger partial charge in [0.05, 0.1) is 13.2 Å². The second kappa shape index (κ2) is 6.46. The van der Waals surface area contributed by atoms with Gasteiger partial charge >= 0.3 is 6.18 Å². The molecular formula is C10H13F5O2. The van der Waals surface area contributed by atoms with Crippen molar-refractivity contribution in [2.24, 2.45) is 0 Å². The Balaban J connectivity index is 5.52. The van der Waals surface area contributed by atoms with Gasteiger partial charge in [-0.2, -0.15) is 22.0 Å². The third kappa shape index (κ3) is 4.62. The van der Waals surface area contributed by atoms with Crippen molar-refractivity contribution in [2.45, 2.75) is 26.9 Å². The molecule has 0 aliphatic carbocycles. The molecule has 100 valence electrons. The molecule has 0 heterocycles. The summed E-state index contributed by atoms with van der Waals surface area (Å²) in [5, 5.41) is 0. The molecule has 0 atom stereocenters. The highest BCUT2D eigenvalue weighted by Gasteiger charge is 2.40. The van der Waals surface area contributed by atoms with Crippen LogP contribution in [0.2, 0.25) is 0 Å². The van der Waals surface area contributed by atoms with Gasteiger partial charge in [-0.1, -0.05) is 0 Å². The number of allylic oxidation sites excluding steroid dienone is 2. The van der Waals surface area contributed by atoms with E-state index in [0.29, 0.717) is 0 Å². The van der Waals surface area contributed by atoms with Gasteiger partial charge < -0.3 is 9.47 Å². The monoisotopic (exact) mass is 260 g/mol. The number of hydrogen-bond acceptors (Lipinski definition) is 2. The maximum absolute atomic E-state index is 12.4. The Kier molecular flexibility index (Phi) is 5.98. The van der Waals surface area contributed by atoms with Crippen molar-refractivity contribution in [2.75, 3.05) is 13.2 Å². The summed E-state index contributed by atoms with van der Waals surface area (Å²) >= 11 is 0. The van der Waals surface area contributed by atoms with E-state index in [9.17, 15) is 22.0 Å². The van der Waals surface area contributed by atoms with Crippen molar-refractivity contribution < 1.29 is 31.4 Å². The van der Waals surface area contributed by atoms with Gasteiger partial charge in [-0.25, -0.2) is 0 Å². The second-order valence-corrected chi connectivity index (χ2v) is 2.91. The zero-order chi connectivity index (χ0) is 13.6. The van der Waals surface area contributed by atoms with E-state index in [1.54, 1.807) is 0 Å². The molecular weight excluding hydrogens is 247 g/mol. The Hall–Kier alpha value is -1.27. The molecule has 0 aliphatic rings. The lowest BCUT2D eigenvalue weighted by molar-refractivity contribution is -0.0941. The fourth-order valence-corrected chi connectivity index (χ4v) is 1.08. The SMILES string of the molecule is CCOC(OCC)=C(C)C(=C(F)F)C(F)(F)F. The van der Waals surface area contributed by atoms with Crippen LogP contribution in [-0.4, -0.2) is 19.4 Å². The van der Waals surface area contributed by atoms with Crippen LogP contribution >= 0.6 is 0 Å². The second-order valence-electron chi connectivity index (χ2n) is 2.91. The van der Waals surface area contributed by atoms with Crippen molar-refractivity contribution in [3.05, 3.63) is 23.2 Å². The Morgan fingerprint density at radius 1 is 1.00 bits per heavy atom. The Morgan fingerprint density at radius 3 is 1.65 bits per heavy atom. The summed E-state index contributed by atoms with van der Waals surface area (Å²) < 4.78 is 71.3. The van der Waals surface area contributed by atoms with Crippen molar-refractivity contribution in [1.29, 1.82) is 0 Å². The van der Waals surface area contributed by atoms with Gasteiger partial charge in [0.2, 0.25) is 0 Å². The molecule has 0 rings (SSSR count). The molecule has 0 fully saturated rings. The predicted octanol–water partition coefficient (Wildman–Crippen LogP) is 4.00. The average Bonchev–Trinajstić information content (AvgIpc) is 2.14. The summed E-state index contributed by atoms with van der Waals surface area (Å²) in [5.41, 5.74) is -2.78. The minimum atomic E-state index is -5.15. The molecule has 0 amide bonds. The molecule has 0 aromatic rings. The average molecular weight is 260 g/mol. The molecule has 0 N–H and O–H groups in total. The topological polar surface area (TPSA) is 18.5 Å². The Labute approximate surface area is 95.7 Å². The van der Waals surface area contributed by atoms with Crippen molar-refractivity contribution in [1.82, 2.24) is 0 Å². The molecule has 0 aromatic carbocycles. The number of alkyl halides is 3. The molecule has 0 unspecified atom stereocenters. The van der Waals surface area contributed by atoms with Gasteiger partial charge in [0, 0.05) is 5.57 Å². The highest BCUT2D eigenvalue weighted by atomic mass is 19.4. The predicted molar refractivity (Wildman–Crippen MR) is 51.2 cm³/mol. The third-order valence-corrected chi connectivity index (χ3v) is 1.70. The van der Waals surface area contributed by atoms with Gasteiger partial charge in [-0.15, -0.1) is 0 Å². The summed E-state index contributed by atoms with van der Waals surface area (Å²) in [7, 11) is 0. The third-order valence-electron chi connectivity index (χ3n) is 1.70. The van der Waals surface area contributed by atoms with Crippen LogP contribution in [0.1, 0.15) is 20.8 Å². The largest absolute Gasteiger partial charge is 0.466 e. The fourth-order valence-electron chi connectivity index (χ4n) is 1.08. The number of ether oxygens (including phenoxy) is 2. The standard InChI is InChI=1S/C10H13F5O2/c1-4-16-9(17-5-2)6(3)7(8(11)12)10(13,14)15/h4-5H2,1-3H3. The first-order valence-corrected chi connectivity index (χ1v) is 4.84. The van der Waals surface area contributed by atoms with E-state index < -0.39 is 29.3 Å². The summed E-state index contributed by atoms with van der Waals surface area (Å²) in [5.74, 6) is -0.532. The maximum Gasteiger partial charge on any atom is 0.422 e. The van der Waals surface area contributed by atoms with Crippen LogP contribution in [0.5, 0.6) is 0 Å². The summed E-state index contributed by atoms with van der Waals surface area (Å²) in [6.45, 7) is 3.93. The van der Waals surface area contributed by atoms with Crippen LogP contribution in [0.3, 0.4) is 0 Å². The summed E-state index contributed by atoms with van der Waals surface area (Å²) in [4.78, 5) is 0. The number of halogens is 5. The molecule has 0 saturated heterocycles. The Morgan fingerprint density at radius 2 is 1.41 bits per heavy atom. The molecule has 17 heavy (non-hydrogen) atoms. The van der Waals surface area contributed by atoms with Gasteiger partial charge in [0.1, 0.15) is 5.57 Å². The normalized spacial score (nSPS) is 10.8. The molecule has 0 aromatic heterocycles. The summed E-state index contributed by atoms with van der Waals surface area (Å²) in [6, 6.07) is 0. The van der Waals surface area contributed by atoms with Crippen molar-refractivity contribution >= 4 is 0 Å². The van der Waals surface area contributed by atoms with Crippen molar-refractivity contribution in [3.8, 4) is 0 Å². The number of rotatable bonds is 5. The lowest BCUT2D eigenvalue weighted by atomic mass is 10.1. The van der Waals surface area contributed by atoms with E-state index in [1.807, 2.05) is 0 Å². The number of hydrogen-bond donors (Lipinski definition) is 0. The zero-order valence-corrected chi connectivity index (χ0v) is 9.62. The highest BCUT2D eigenvalue weighted by Crippen LogP contribution is 2.36. The smallest absolute Gasteiger partial charge is 0.422 e. The quantitative estimate of drug-likeness (QED) is 0.422. The van der Waals surface area contributed by atoms with Crippen LogP contribution in [0.4, 0.5) is 22.0 Å². The first-order chi connectivity index (χ1) is 7.75. The minimum Gasteiger partial charge on any atom is -0.466 e.